The molecular weight excluding hydrogens is 191 g/mol. The maximum atomic E-state index is 5.59. The predicted molar refractivity (Wildman–Crippen MR) is 55.1 cm³/mol. The van der Waals surface area contributed by atoms with Gasteiger partial charge in [-0.05, 0) is 12.1 Å². The van der Waals surface area contributed by atoms with Crippen LogP contribution in [0.5, 0.6) is 11.5 Å². The van der Waals surface area contributed by atoms with Crippen LogP contribution in [0.1, 0.15) is 0 Å². The van der Waals surface area contributed by atoms with Gasteiger partial charge in [-0.15, -0.1) is 0 Å². The van der Waals surface area contributed by atoms with Crippen molar-refractivity contribution in [2.24, 2.45) is 0 Å². The SMILES string of the molecule is c1ccc2c(c1)OB(c1cncnc1)O2. The summed E-state index contributed by atoms with van der Waals surface area (Å²) in [7, 11) is -0.427. The molecule has 0 saturated carbocycles. The van der Waals surface area contributed by atoms with Crippen LogP contribution in [0.2, 0.25) is 0 Å². The average molecular weight is 198 g/mol. The molecule has 1 aromatic heterocycles. The second-order valence-electron chi connectivity index (χ2n) is 3.19. The zero-order valence-electron chi connectivity index (χ0n) is 7.83. The highest BCUT2D eigenvalue weighted by molar-refractivity contribution is 6.63. The van der Waals surface area contributed by atoms with Crippen molar-refractivity contribution in [2.45, 2.75) is 0 Å². The normalized spacial score (nSPS) is 12.9. The minimum Gasteiger partial charge on any atom is -0.519 e. The van der Waals surface area contributed by atoms with Gasteiger partial charge in [-0.1, -0.05) is 12.1 Å². The molecule has 3 rings (SSSR count). The number of hydrogen-bond donors (Lipinski definition) is 0. The summed E-state index contributed by atoms with van der Waals surface area (Å²) in [6.07, 6.45) is 4.85. The van der Waals surface area contributed by atoms with E-state index < -0.39 is 7.12 Å². The van der Waals surface area contributed by atoms with Crippen molar-refractivity contribution >= 4 is 12.6 Å². The Bertz CT molecular complexity index is 453. The third kappa shape index (κ3) is 1.42. The molecule has 0 saturated heterocycles. The number of rotatable bonds is 1. The molecule has 0 radical (unpaired) electrons. The first kappa shape index (κ1) is 8.29. The van der Waals surface area contributed by atoms with Crippen molar-refractivity contribution in [3.8, 4) is 11.5 Å². The number of nitrogens with zero attached hydrogens (tertiary/aromatic N) is 2. The lowest BCUT2D eigenvalue weighted by molar-refractivity contribution is 0.518. The molecule has 0 amide bonds. The van der Waals surface area contributed by atoms with Gasteiger partial charge in [0.25, 0.3) is 0 Å². The summed E-state index contributed by atoms with van der Waals surface area (Å²) in [6.45, 7) is 0. The van der Waals surface area contributed by atoms with Crippen LogP contribution in [0.15, 0.2) is 43.0 Å². The Labute approximate surface area is 87.0 Å². The van der Waals surface area contributed by atoms with Gasteiger partial charge in [0, 0.05) is 17.9 Å². The molecule has 0 atom stereocenters. The van der Waals surface area contributed by atoms with E-state index in [1.54, 1.807) is 12.4 Å². The summed E-state index contributed by atoms with van der Waals surface area (Å²) >= 11 is 0. The lowest BCUT2D eigenvalue weighted by Gasteiger charge is -2.02. The van der Waals surface area contributed by atoms with Crippen LogP contribution in [0.4, 0.5) is 0 Å². The zero-order chi connectivity index (χ0) is 10.1. The molecule has 4 nitrogen and oxygen atoms in total. The van der Waals surface area contributed by atoms with E-state index in [0.29, 0.717) is 0 Å². The molecular formula is C10H7BN2O2. The van der Waals surface area contributed by atoms with E-state index in [0.717, 1.165) is 17.0 Å². The molecule has 0 bridgehead atoms. The molecule has 1 aromatic carbocycles. The van der Waals surface area contributed by atoms with Crippen molar-refractivity contribution in [1.29, 1.82) is 0 Å². The Morgan fingerprint density at radius 3 is 2.13 bits per heavy atom. The van der Waals surface area contributed by atoms with Gasteiger partial charge >= 0.3 is 7.12 Å². The molecule has 15 heavy (non-hydrogen) atoms. The van der Waals surface area contributed by atoms with Crippen LogP contribution in [-0.4, -0.2) is 17.1 Å². The van der Waals surface area contributed by atoms with Crippen LogP contribution < -0.4 is 14.8 Å². The average Bonchev–Trinajstić information content (AvgIpc) is 2.74. The van der Waals surface area contributed by atoms with Gasteiger partial charge in [-0.25, -0.2) is 9.97 Å². The van der Waals surface area contributed by atoms with E-state index >= 15 is 0 Å². The van der Waals surface area contributed by atoms with Gasteiger partial charge in [-0.2, -0.15) is 0 Å². The van der Waals surface area contributed by atoms with Crippen molar-refractivity contribution in [2.75, 3.05) is 0 Å². The number of para-hydroxylation sites is 2. The Morgan fingerprint density at radius 1 is 0.933 bits per heavy atom. The highest BCUT2D eigenvalue weighted by Crippen LogP contribution is 2.32. The fourth-order valence-electron chi connectivity index (χ4n) is 1.47. The van der Waals surface area contributed by atoms with Crippen LogP contribution in [0, 0.1) is 0 Å². The van der Waals surface area contributed by atoms with E-state index in [1.165, 1.54) is 6.33 Å². The Kier molecular flexibility index (Phi) is 1.81. The fourth-order valence-corrected chi connectivity index (χ4v) is 1.47. The van der Waals surface area contributed by atoms with Crippen molar-refractivity contribution in [3.63, 3.8) is 0 Å². The van der Waals surface area contributed by atoms with E-state index in [9.17, 15) is 0 Å². The van der Waals surface area contributed by atoms with Crippen LogP contribution in [0.3, 0.4) is 0 Å². The first-order valence-corrected chi connectivity index (χ1v) is 4.61. The first-order chi connectivity index (χ1) is 7.43. The molecule has 0 aliphatic carbocycles. The maximum absolute atomic E-state index is 5.59. The van der Waals surface area contributed by atoms with E-state index in [1.807, 2.05) is 24.3 Å². The van der Waals surface area contributed by atoms with Gasteiger partial charge in [-0.3, -0.25) is 0 Å². The topological polar surface area (TPSA) is 44.2 Å². The van der Waals surface area contributed by atoms with E-state index in [4.69, 9.17) is 9.31 Å². The van der Waals surface area contributed by atoms with Gasteiger partial charge in [0.05, 0.1) is 0 Å². The van der Waals surface area contributed by atoms with Gasteiger partial charge in [0.2, 0.25) is 0 Å². The molecule has 0 N–H and O–H groups in total. The monoisotopic (exact) mass is 198 g/mol. The third-order valence-electron chi connectivity index (χ3n) is 2.17. The Balaban J connectivity index is 1.91. The Morgan fingerprint density at radius 2 is 1.53 bits per heavy atom. The maximum Gasteiger partial charge on any atom is 0.636 e. The number of aromatic nitrogens is 2. The van der Waals surface area contributed by atoms with Crippen molar-refractivity contribution < 1.29 is 9.31 Å². The minimum absolute atomic E-state index is 0.427. The van der Waals surface area contributed by atoms with Crippen LogP contribution in [-0.2, 0) is 0 Å². The second-order valence-corrected chi connectivity index (χ2v) is 3.19. The largest absolute Gasteiger partial charge is 0.636 e. The molecule has 2 aromatic rings. The third-order valence-corrected chi connectivity index (χ3v) is 2.17. The van der Waals surface area contributed by atoms with Crippen molar-refractivity contribution in [1.82, 2.24) is 9.97 Å². The molecule has 0 fully saturated rings. The molecule has 72 valence electrons. The summed E-state index contributed by atoms with van der Waals surface area (Å²) in [5.41, 5.74) is 0.814. The number of hydrogen-bond acceptors (Lipinski definition) is 4. The van der Waals surface area contributed by atoms with Crippen LogP contribution >= 0.6 is 0 Å². The molecule has 2 heterocycles. The molecule has 0 spiro atoms. The molecule has 1 aliphatic heterocycles. The first-order valence-electron chi connectivity index (χ1n) is 4.61. The second kappa shape index (κ2) is 3.27. The van der Waals surface area contributed by atoms with E-state index in [-0.39, 0.29) is 0 Å². The predicted octanol–water partition coefficient (Wildman–Crippen LogP) is 0.643. The summed E-state index contributed by atoms with van der Waals surface area (Å²) in [4.78, 5) is 7.84. The molecule has 0 unspecified atom stereocenters. The quantitative estimate of drug-likeness (QED) is 0.630. The van der Waals surface area contributed by atoms with Crippen LogP contribution in [0.25, 0.3) is 0 Å². The highest BCUT2D eigenvalue weighted by Gasteiger charge is 2.34. The number of fused-ring (bicyclic) bond motifs is 1. The summed E-state index contributed by atoms with van der Waals surface area (Å²) < 4.78 is 11.2. The van der Waals surface area contributed by atoms with Crippen molar-refractivity contribution in [3.05, 3.63) is 43.0 Å². The molecule has 1 aliphatic rings. The summed E-state index contributed by atoms with van der Waals surface area (Å²) in [5.74, 6) is 1.51. The summed E-state index contributed by atoms with van der Waals surface area (Å²) in [5, 5.41) is 0. The van der Waals surface area contributed by atoms with Gasteiger partial charge in [0.1, 0.15) is 17.8 Å². The van der Waals surface area contributed by atoms with E-state index in [2.05, 4.69) is 9.97 Å². The lowest BCUT2D eigenvalue weighted by Crippen LogP contribution is -2.39. The number of benzene rings is 1. The Hall–Kier alpha value is -2.04. The smallest absolute Gasteiger partial charge is 0.519 e. The van der Waals surface area contributed by atoms with Gasteiger partial charge < -0.3 is 9.31 Å². The van der Waals surface area contributed by atoms with Gasteiger partial charge in [0.15, 0.2) is 0 Å². The fraction of sp³-hybridized carbons (Fsp3) is 0. The zero-order valence-corrected chi connectivity index (χ0v) is 7.83. The highest BCUT2D eigenvalue weighted by atomic mass is 16.6. The lowest BCUT2D eigenvalue weighted by atomic mass is 9.82. The summed E-state index contributed by atoms with van der Waals surface area (Å²) in [6, 6.07) is 7.57. The standard InChI is InChI=1S/C10H7BN2O2/c1-2-4-10-9(3-1)14-11(15-10)8-5-12-7-13-6-8/h1-7H. The minimum atomic E-state index is -0.427. The molecule has 5 heteroatoms.